The van der Waals surface area contributed by atoms with Gasteiger partial charge in [0.1, 0.15) is 5.82 Å². The van der Waals surface area contributed by atoms with Gasteiger partial charge in [-0.2, -0.15) is 0 Å². The quantitative estimate of drug-likeness (QED) is 0.810. The number of sulfonamides is 1. The van der Waals surface area contributed by atoms with Crippen molar-refractivity contribution in [3.05, 3.63) is 59.4 Å². The Balaban J connectivity index is 1.56. The number of amides is 1. The lowest BCUT2D eigenvalue weighted by atomic mass is 10.1. The number of nitrogens with one attached hydrogen (secondary N) is 1. The molecule has 29 heavy (non-hydrogen) atoms. The SMILES string of the molecule is C[C@@H]1Cc2cc(C(=O)NC[C@@H]3CCCO3)ccc2N1S(=O)(=O)c1ccc(F)cc1. The van der Waals surface area contributed by atoms with Crippen LogP contribution >= 0.6 is 0 Å². The van der Waals surface area contributed by atoms with Crippen LogP contribution in [0.25, 0.3) is 0 Å². The van der Waals surface area contributed by atoms with Crippen LogP contribution in [0.4, 0.5) is 10.1 Å². The minimum atomic E-state index is -3.82. The minimum Gasteiger partial charge on any atom is -0.376 e. The van der Waals surface area contributed by atoms with E-state index in [9.17, 15) is 17.6 Å². The number of carbonyl (C=O) groups excluding carboxylic acids is 1. The fraction of sp³-hybridized carbons (Fsp3) is 0.381. The molecule has 1 amide bonds. The smallest absolute Gasteiger partial charge is 0.264 e. The largest absolute Gasteiger partial charge is 0.376 e. The molecule has 6 nitrogen and oxygen atoms in total. The molecule has 2 aromatic rings. The molecule has 0 spiro atoms. The van der Waals surface area contributed by atoms with Crippen LogP contribution in [0.2, 0.25) is 0 Å². The van der Waals surface area contributed by atoms with Gasteiger partial charge in [0.15, 0.2) is 0 Å². The predicted molar refractivity (Wildman–Crippen MR) is 107 cm³/mol. The molecule has 2 heterocycles. The topological polar surface area (TPSA) is 75.7 Å². The van der Waals surface area contributed by atoms with Crippen molar-refractivity contribution < 1.29 is 22.3 Å². The van der Waals surface area contributed by atoms with Crippen LogP contribution < -0.4 is 9.62 Å². The summed E-state index contributed by atoms with van der Waals surface area (Å²) in [6.45, 7) is 3.02. The van der Waals surface area contributed by atoms with Crippen LogP contribution in [0, 0.1) is 5.82 Å². The molecule has 8 heteroatoms. The summed E-state index contributed by atoms with van der Waals surface area (Å²) >= 11 is 0. The zero-order valence-corrected chi connectivity index (χ0v) is 16.9. The highest BCUT2D eigenvalue weighted by molar-refractivity contribution is 7.92. The van der Waals surface area contributed by atoms with Gasteiger partial charge in [-0.15, -0.1) is 0 Å². The molecule has 2 aliphatic heterocycles. The number of rotatable bonds is 5. The average molecular weight is 418 g/mol. The highest BCUT2D eigenvalue weighted by atomic mass is 32.2. The lowest BCUT2D eigenvalue weighted by molar-refractivity contribution is 0.0857. The zero-order chi connectivity index (χ0) is 20.6. The van der Waals surface area contributed by atoms with Gasteiger partial charge in [-0.3, -0.25) is 9.10 Å². The Kier molecular flexibility index (Phi) is 5.31. The molecule has 0 aromatic heterocycles. The summed E-state index contributed by atoms with van der Waals surface area (Å²) < 4.78 is 46.3. The van der Waals surface area contributed by atoms with Crippen LogP contribution in [0.15, 0.2) is 47.4 Å². The standard InChI is InChI=1S/C21H23FN2O4S/c1-14-11-16-12-15(21(25)23-13-18-3-2-10-28-18)4-9-20(16)24(14)29(26,27)19-7-5-17(22)6-8-19/h4-9,12,14,18H,2-3,10-11,13H2,1H3,(H,23,25)/t14-,18+/m1/s1. The first kappa shape index (κ1) is 19.8. The summed E-state index contributed by atoms with van der Waals surface area (Å²) in [7, 11) is -3.82. The summed E-state index contributed by atoms with van der Waals surface area (Å²) in [6.07, 6.45) is 2.51. The zero-order valence-electron chi connectivity index (χ0n) is 16.1. The maximum atomic E-state index is 13.2. The molecule has 0 bridgehead atoms. The van der Waals surface area contributed by atoms with Crippen molar-refractivity contribution in [2.45, 2.75) is 43.2 Å². The number of fused-ring (bicyclic) bond motifs is 1. The Morgan fingerprint density at radius 1 is 1.24 bits per heavy atom. The Labute approximate surface area is 169 Å². The van der Waals surface area contributed by atoms with E-state index in [1.54, 1.807) is 18.2 Å². The number of hydrogen-bond acceptors (Lipinski definition) is 4. The third-order valence-corrected chi connectivity index (χ3v) is 7.32. The molecule has 1 saturated heterocycles. The highest BCUT2D eigenvalue weighted by Gasteiger charge is 2.36. The van der Waals surface area contributed by atoms with Gasteiger partial charge in [-0.25, -0.2) is 12.8 Å². The molecule has 0 radical (unpaired) electrons. The van der Waals surface area contributed by atoms with Crippen LogP contribution in [0.3, 0.4) is 0 Å². The molecule has 0 unspecified atom stereocenters. The number of hydrogen-bond donors (Lipinski definition) is 1. The van der Waals surface area contributed by atoms with E-state index in [0.29, 0.717) is 24.2 Å². The van der Waals surface area contributed by atoms with Crippen molar-refractivity contribution in [1.82, 2.24) is 5.32 Å². The molecule has 0 aliphatic carbocycles. The lowest BCUT2D eigenvalue weighted by Crippen LogP contribution is -2.35. The number of ether oxygens (including phenoxy) is 1. The van der Waals surface area contributed by atoms with Crippen molar-refractivity contribution in [3.8, 4) is 0 Å². The normalized spacial score (nSPS) is 21.2. The fourth-order valence-electron chi connectivity index (χ4n) is 3.94. The third-order valence-electron chi connectivity index (χ3n) is 5.38. The van der Waals surface area contributed by atoms with Gasteiger partial charge in [-0.1, -0.05) is 0 Å². The van der Waals surface area contributed by atoms with Crippen LogP contribution in [0.5, 0.6) is 0 Å². The number of halogens is 1. The van der Waals surface area contributed by atoms with E-state index < -0.39 is 15.8 Å². The predicted octanol–water partition coefficient (Wildman–Crippen LogP) is 2.87. The second-order valence-electron chi connectivity index (χ2n) is 7.50. The molecule has 2 aromatic carbocycles. The van der Waals surface area contributed by atoms with Gasteiger partial charge >= 0.3 is 0 Å². The van der Waals surface area contributed by atoms with Gasteiger partial charge in [0.25, 0.3) is 15.9 Å². The van der Waals surface area contributed by atoms with Crippen LogP contribution in [0.1, 0.15) is 35.7 Å². The number of anilines is 1. The highest BCUT2D eigenvalue weighted by Crippen LogP contribution is 2.37. The Morgan fingerprint density at radius 3 is 2.69 bits per heavy atom. The molecule has 1 fully saturated rings. The molecule has 0 saturated carbocycles. The Bertz CT molecular complexity index is 1020. The van der Waals surface area contributed by atoms with Crippen LogP contribution in [-0.2, 0) is 21.2 Å². The van der Waals surface area contributed by atoms with E-state index in [0.717, 1.165) is 37.1 Å². The third kappa shape index (κ3) is 3.86. The summed E-state index contributed by atoms with van der Waals surface area (Å²) in [6, 6.07) is 9.55. The van der Waals surface area contributed by atoms with E-state index >= 15 is 0 Å². The number of nitrogens with zero attached hydrogens (tertiary/aromatic N) is 1. The molecule has 4 rings (SSSR count). The first-order valence-electron chi connectivity index (χ1n) is 9.69. The summed E-state index contributed by atoms with van der Waals surface area (Å²) in [5.41, 5.74) is 1.85. The van der Waals surface area contributed by atoms with Crippen molar-refractivity contribution in [1.29, 1.82) is 0 Å². The van der Waals surface area contributed by atoms with Crippen molar-refractivity contribution in [2.75, 3.05) is 17.5 Å². The minimum absolute atomic E-state index is 0.0389. The Hall–Kier alpha value is -2.45. The van der Waals surface area contributed by atoms with Gasteiger partial charge in [-0.05, 0) is 74.2 Å². The molecular formula is C21H23FN2O4S. The second-order valence-corrected chi connectivity index (χ2v) is 9.31. The first-order chi connectivity index (χ1) is 13.9. The first-order valence-corrected chi connectivity index (χ1v) is 11.1. The van der Waals surface area contributed by atoms with Gasteiger partial charge < -0.3 is 10.1 Å². The molecule has 2 aliphatic rings. The van der Waals surface area contributed by atoms with Gasteiger partial charge in [0.05, 0.1) is 16.7 Å². The molecule has 154 valence electrons. The van der Waals surface area contributed by atoms with Gasteiger partial charge in [0.2, 0.25) is 0 Å². The van der Waals surface area contributed by atoms with Crippen molar-refractivity contribution in [3.63, 3.8) is 0 Å². The second kappa shape index (κ2) is 7.76. The van der Waals surface area contributed by atoms with Gasteiger partial charge in [0, 0.05) is 24.8 Å². The maximum Gasteiger partial charge on any atom is 0.264 e. The number of carbonyl (C=O) groups is 1. The number of benzene rings is 2. The molecular weight excluding hydrogens is 395 g/mol. The fourth-order valence-corrected chi connectivity index (χ4v) is 5.64. The average Bonchev–Trinajstić information content (AvgIpc) is 3.32. The molecule has 1 N–H and O–H groups in total. The van der Waals surface area contributed by atoms with E-state index in [1.807, 2.05) is 6.92 Å². The molecule has 2 atom stereocenters. The van der Waals surface area contributed by atoms with Crippen molar-refractivity contribution in [2.24, 2.45) is 0 Å². The summed E-state index contributed by atoms with van der Waals surface area (Å²) in [5.74, 6) is -0.687. The van der Waals surface area contributed by atoms with E-state index in [4.69, 9.17) is 4.74 Å². The maximum absolute atomic E-state index is 13.2. The van der Waals surface area contributed by atoms with Crippen LogP contribution in [-0.4, -0.2) is 39.6 Å². The summed E-state index contributed by atoms with van der Waals surface area (Å²) in [5, 5.41) is 2.88. The summed E-state index contributed by atoms with van der Waals surface area (Å²) in [4.78, 5) is 12.5. The lowest BCUT2D eigenvalue weighted by Gasteiger charge is -2.24. The van der Waals surface area contributed by atoms with E-state index in [1.165, 1.54) is 16.4 Å². The van der Waals surface area contributed by atoms with Crippen molar-refractivity contribution >= 4 is 21.6 Å². The monoisotopic (exact) mass is 418 g/mol. The van der Waals surface area contributed by atoms with E-state index in [2.05, 4.69) is 5.32 Å². The Morgan fingerprint density at radius 2 is 2.00 bits per heavy atom. The van der Waals surface area contributed by atoms with E-state index in [-0.39, 0.29) is 22.9 Å².